The lowest BCUT2D eigenvalue weighted by atomic mass is 10.0. The highest BCUT2D eigenvalue weighted by Gasteiger charge is 2.32. The minimum absolute atomic E-state index is 0.220. The molecule has 0 aliphatic carbocycles. The van der Waals surface area contributed by atoms with E-state index in [0.29, 0.717) is 33.4 Å². The quantitative estimate of drug-likeness (QED) is 0.696. The highest BCUT2D eigenvalue weighted by Crippen LogP contribution is 2.40. The summed E-state index contributed by atoms with van der Waals surface area (Å²) in [4.78, 5) is 31.9. The third kappa shape index (κ3) is 2.21. The molecule has 4 rings (SSSR count). The monoisotopic (exact) mass is 342 g/mol. The summed E-state index contributed by atoms with van der Waals surface area (Å²) in [7, 11) is 1.62. The van der Waals surface area contributed by atoms with Crippen LogP contribution in [0.1, 0.15) is 18.5 Å². The van der Waals surface area contributed by atoms with Crippen molar-refractivity contribution in [1.29, 1.82) is 0 Å². The van der Waals surface area contributed by atoms with E-state index in [1.54, 1.807) is 26.4 Å². The lowest BCUT2D eigenvalue weighted by Gasteiger charge is -2.16. The number of hydrogen-bond acceptors (Lipinski definition) is 5. The van der Waals surface area contributed by atoms with E-state index in [9.17, 15) is 14.0 Å². The van der Waals surface area contributed by atoms with Crippen LogP contribution in [0, 0.1) is 5.82 Å². The van der Waals surface area contributed by atoms with Crippen molar-refractivity contribution >= 4 is 22.7 Å². The minimum atomic E-state index is -0.848. The minimum Gasteiger partial charge on any atom is -0.464 e. The van der Waals surface area contributed by atoms with Gasteiger partial charge in [0.15, 0.2) is 6.04 Å². The van der Waals surface area contributed by atoms with Crippen LogP contribution in [0.15, 0.2) is 29.5 Å². The van der Waals surface area contributed by atoms with Crippen LogP contribution in [0.5, 0.6) is 0 Å². The average molecular weight is 342 g/mol. The largest absolute Gasteiger partial charge is 0.464 e. The molecule has 3 aromatic rings. The zero-order valence-electron chi connectivity index (χ0n) is 13.6. The van der Waals surface area contributed by atoms with Crippen LogP contribution in [0.2, 0.25) is 0 Å². The maximum absolute atomic E-state index is 13.8. The predicted molar refractivity (Wildman–Crippen MR) is 89.7 cm³/mol. The number of fused-ring (bicyclic) bond motifs is 2. The van der Waals surface area contributed by atoms with Crippen molar-refractivity contribution in [3.05, 3.63) is 46.4 Å². The molecule has 3 aromatic heterocycles. The van der Waals surface area contributed by atoms with Gasteiger partial charge in [0.2, 0.25) is 0 Å². The first-order valence-corrected chi connectivity index (χ1v) is 7.81. The summed E-state index contributed by atoms with van der Waals surface area (Å²) in [5.74, 6) is -0.640. The Bertz CT molecular complexity index is 1070. The van der Waals surface area contributed by atoms with E-state index in [-0.39, 0.29) is 12.2 Å². The summed E-state index contributed by atoms with van der Waals surface area (Å²) >= 11 is 0. The molecule has 0 spiro atoms. The maximum Gasteiger partial charge on any atom is 0.333 e. The Morgan fingerprint density at radius 3 is 3.00 bits per heavy atom. The lowest BCUT2D eigenvalue weighted by molar-refractivity contribution is -0.144. The molecule has 25 heavy (non-hydrogen) atoms. The number of H-pyrrole nitrogens is 1. The first-order valence-electron chi connectivity index (χ1n) is 7.81. The number of esters is 1. The molecule has 128 valence electrons. The number of aromatic nitrogens is 3. The smallest absolute Gasteiger partial charge is 0.333 e. The van der Waals surface area contributed by atoms with Gasteiger partial charge < -0.3 is 19.6 Å². The van der Waals surface area contributed by atoms with Crippen molar-refractivity contribution in [1.82, 2.24) is 14.5 Å². The van der Waals surface area contributed by atoms with Gasteiger partial charge in [-0.05, 0) is 13.0 Å². The second kappa shape index (κ2) is 5.44. The fraction of sp³-hybridized carbons (Fsp3) is 0.235. The van der Waals surface area contributed by atoms with Crippen LogP contribution in [0.25, 0.3) is 22.0 Å². The SMILES string of the molecule is CCOC(=O)C1Nc2ncc(F)cc2-c2cn(C)c(=O)c3[nH]cc1c23. The number of ether oxygens (including phenoxy) is 1. The molecule has 8 heteroatoms. The van der Waals surface area contributed by atoms with Crippen LogP contribution in [0.4, 0.5) is 10.2 Å². The zero-order chi connectivity index (χ0) is 17.7. The molecule has 1 atom stereocenters. The van der Waals surface area contributed by atoms with E-state index in [1.165, 1.54) is 10.6 Å². The number of carbonyl (C=O) groups is 1. The van der Waals surface area contributed by atoms with Crippen LogP contribution >= 0.6 is 0 Å². The summed E-state index contributed by atoms with van der Waals surface area (Å²) in [5, 5.41) is 3.59. The van der Waals surface area contributed by atoms with E-state index in [1.807, 2.05) is 0 Å². The number of aryl methyl sites for hydroxylation is 1. The van der Waals surface area contributed by atoms with Gasteiger partial charge in [0.1, 0.15) is 17.2 Å². The van der Waals surface area contributed by atoms with Crippen molar-refractivity contribution in [3.8, 4) is 11.1 Å². The third-order valence-electron chi connectivity index (χ3n) is 4.30. The molecule has 4 heterocycles. The molecule has 0 aromatic carbocycles. The van der Waals surface area contributed by atoms with Crippen molar-refractivity contribution in [2.45, 2.75) is 13.0 Å². The summed E-state index contributed by atoms with van der Waals surface area (Å²) in [5.41, 5.74) is 1.78. The van der Waals surface area contributed by atoms with E-state index in [2.05, 4.69) is 15.3 Å². The molecule has 0 radical (unpaired) electrons. The van der Waals surface area contributed by atoms with E-state index >= 15 is 0 Å². The fourth-order valence-corrected chi connectivity index (χ4v) is 3.21. The molecular formula is C17H15FN4O3. The number of nitrogens with one attached hydrogen (secondary N) is 2. The predicted octanol–water partition coefficient (Wildman–Crippen LogP) is 2.10. The van der Waals surface area contributed by atoms with Gasteiger partial charge in [0.05, 0.1) is 12.8 Å². The van der Waals surface area contributed by atoms with Crippen molar-refractivity contribution < 1.29 is 13.9 Å². The Kier molecular flexibility index (Phi) is 3.34. The number of carbonyl (C=O) groups excluding carboxylic acids is 1. The van der Waals surface area contributed by atoms with Crippen LogP contribution in [-0.4, -0.2) is 27.1 Å². The highest BCUT2D eigenvalue weighted by atomic mass is 19.1. The third-order valence-corrected chi connectivity index (χ3v) is 4.30. The second-order valence-corrected chi connectivity index (χ2v) is 5.83. The first-order chi connectivity index (χ1) is 12.0. The summed E-state index contributed by atoms with van der Waals surface area (Å²) in [6.07, 6.45) is 4.30. The topological polar surface area (TPSA) is 89.0 Å². The van der Waals surface area contributed by atoms with Crippen molar-refractivity contribution in [3.63, 3.8) is 0 Å². The molecule has 0 fully saturated rings. The van der Waals surface area contributed by atoms with Crippen molar-refractivity contribution in [2.24, 2.45) is 7.05 Å². The van der Waals surface area contributed by atoms with Gasteiger partial charge in [0, 0.05) is 41.5 Å². The van der Waals surface area contributed by atoms with Gasteiger partial charge in [-0.15, -0.1) is 0 Å². The molecule has 7 nitrogen and oxygen atoms in total. The summed E-state index contributed by atoms with van der Waals surface area (Å²) < 4.78 is 20.4. The van der Waals surface area contributed by atoms with Crippen LogP contribution in [0.3, 0.4) is 0 Å². The van der Waals surface area contributed by atoms with E-state index < -0.39 is 17.8 Å². The maximum atomic E-state index is 13.8. The number of hydrogen-bond donors (Lipinski definition) is 2. The fourth-order valence-electron chi connectivity index (χ4n) is 3.21. The number of nitrogens with zero attached hydrogens (tertiary/aromatic N) is 2. The second-order valence-electron chi connectivity index (χ2n) is 5.83. The Labute approximate surface area is 141 Å². The van der Waals surface area contributed by atoms with Gasteiger partial charge in [-0.3, -0.25) is 4.79 Å². The van der Waals surface area contributed by atoms with Crippen LogP contribution in [-0.2, 0) is 16.6 Å². The summed E-state index contributed by atoms with van der Waals surface area (Å²) in [6, 6.07) is 0.484. The number of rotatable bonds is 2. The Balaban J connectivity index is 2.10. The molecule has 0 bridgehead atoms. The number of halogens is 1. The number of aromatic amines is 1. The number of anilines is 1. The molecule has 0 saturated carbocycles. The Morgan fingerprint density at radius 2 is 2.24 bits per heavy atom. The standard InChI is InChI=1S/C17H15FN4O3/c1-3-25-17(24)13-10-6-19-14-12(10)11(7-22(2)16(14)23)9-4-8(18)5-20-15(9)21-13/h4-7,13,19H,3H2,1-2H3,(H,20,21). The molecule has 0 amide bonds. The Hall–Kier alpha value is -3.16. The van der Waals surface area contributed by atoms with Gasteiger partial charge in [-0.1, -0.05) is 0 Å². The lowest BCUT2D eigenvalue weighted by Crippen LogP contribution is -2.23. The normalized spacial score (nSPS) is 15.4. The highest BCUT2D eigenvalue weighted by molar-refractivity contribution is 6.04. The molecule has 1 aliphatic rings. The number of pyridine rings is 2. The van der Waals surface area contributed by atoms with Crippen LogP contribution < -0.4 is 10.9 Å². The van der Waals surface area contributed by atoms with Crippen molar-refractivity contribution in [2.75, 3.05) is 11.9 Å². The molecule has 0 saturated heterocycles. The van der Waals surface area contributed by atoms with Gasteiger partial charge >= 0.3 is 5.97 Å². The summed E-state index contributed by atoms with van der Waals surface area (Å²) in [6.45, 7) is 1.93. The Morgan fingerprint density at radius 1 is 1.44 bits per heavy atom. The zero-order valence-corrected chi connectivity index (χ0v) is 13.6. The van der Waals surface area contributed by atoms with Gasteiger partial charge in [-0.25, -0.2) is 14.2 Å². The van der Waals surface area contributed by atoms with Gasteiger partial charge in [-0.2, -0.15) is 0 Å². The molecule has 2 N–H and O–H groups in total. The molecular weight excluding hydrogens is 327 g/mol. The molecule has 1 unspecified atom stereocenters. The van der Waals surface area contributed by atoms with Gasteiger partial charge in [0.25, 0.3) is 5.56 Å². The van der Waals surface area contributed by atoms with E-state index in [0.717, 1.165) is 6.20 Å². The van der Waals surface area contributed by atoms with E-state index in [4.69, 9.17) is 4.74 Å². The molecule has 1 aliphatic heterocycles. The average Bonchev–Trinajstić information content (AvgIpc) is 2.97. The first kappa shape index (κ1) is 15.4.